The molecule has 1 rings (SSSR count). The van der Waals surface area contributed by atoms with E-state index in [4.69, 9.17) is 5.11 Å². The average molecular weight is 157 g/mol. The summed E-state index contributed by atoms with van der Waals surface area (Å²) in [6, 6.07) is 0. The van der Waals surface area contributed by atoms with Gasteiger partial charge < -0.3 is 9.84 Å². The molecule has 0 amide bonds. The Balaban J connectivity index is 2.84. The fourth-order valence-corrected chi connectivity index (χ4v) is 0.779. The second kappa shape index (κ2) is 2.89. The van der Waals surface area contributed by atoms with Gasteiger partial charge in [-0.1, -0.05) is 0 Å². The summed E-state index contributed by atoms with van der Waals surface area (Å²) in [4.78, 5) is 20.7. The molecule has 0 saturated heterocycles. The van der Waals surface area contributed by atoms with E-state index >= 15 is 0 Å². The van der Waals surface area contributed by atoms with E-state index in [0.29, 0.717) is 5.57 Å². The molecular formula is C6H7NO4. The number of ether oxygens (including phenoxy) is 1. The number of nitrogens with zero attached hydrogens (tertiary/aromatic N) is 1. The average Bonchev–Trinajstić information content (AvgIpc) is 1.99. The molecule has 0 spiro atoms. The number of aliphatic hydroxyl groups is 1. The van der Waals surface area contributed by atoms with Crippen molar-refractivity contribution in [2.45, 2.75) is 19.4 Å². The summed E-state index contributed by atoms with van der Waals surface area (Å²) < 4.78 is 4.47. The first kappa shape index (κ1) is 8.03. The van der Waals surface area contributed by atoms with E-state index in [1.807, 2.05) is 0 Å². The number of Topliss-reactive ketones (excluding diaryl/α,β-unsaturated/α-hetero) is 1. The monoisotopic (exact) mass is 157 g/mol. The van der Waals surface area contributed by atoms with Gasteiger partial charge in [-0.15, -0.1) is 4.91 Å². The lowest BCUT2D eigenvalue weighted by Crippen LogP contribution is -2.32. The highest BCUT2D eigenvalue weighted by atomic mass is 16.6. The van der Waals surface area contributed by atoms with Gasteiger partial charge in [-0.25, -0.2) is 0 Å². The molecule has 5 heteroatoms. The Bertz CT molecular complexity index is 223. The largest absolute Gasteiger partial charge is 0.362 e. The number of hydrogen-bond donors (Lipinski definition) is 1. The van der Waals surface area contributed by atoms with Crippen LogP contribution in [0.25, 0.3) is 0 Å². The molecule has 0 aliphatic carbocycles. The van der Waals surface area contributed by atoms with Gasteiger partial charge in [0.2, 0.25) is 18.3 Å². The molecular weight excluding hydrogens is 150 g/mol. The van der Waals surface area contributed by atoms with Crippen molar-refractivity contribution in [1.82, 2.24) is 0 Å². The Morgan fingerprint density at radius 2 is 2.36 bits per heavy atom. The van der Waals surface area contributed by atoms with E-state index in [2.05, 4.69) is 9.91 Å². The number of hydrogen-bond acceptors (Lipinski definition) is 5. The Hall–Kier alpha value is -1.07. The maximum absolute atomic E-state index is 10.8. The second-order valence-corrected chi connectivity index (χ2v) is 2.20. The predicted octanol–water partition coefficient (Wildman–Crippen LogP) is -0.0571. The third-order valence-corrected chi connectivity index (χ3v) is 1.38. The smallest absolute Gasteiger partial charge is 0.222 e. The molecule has 60 valence electrons. The lowest BCUT2D eigenvalue weighted by molar-refractivity contribution is -0.161. The molecule has 0 saturated carbocycles. The Kier molecular flexibility index (Phi) is 2.11. The maximum Gasteiger partial charge on any atom is 0.222 e. The molecule has 1 N–H and O–H groups in total. The van der Waals surface area contributed by atoms with Gasteiger partial charge in [0.1, 0.15) is 0 Å². The summed E-state index contributed by atoms with van der Waals surface area (Å²) in [5, 5.41) is 11.4. The fourth-order valence-electron chi connectivity index (χ4n) is 0.779. The summed E-state index contributed by atoms with van der Waals surface area (Å²) in [7, 11) is 0. The quantitative estimate of drug-likeness (QED) is 0.541. The Labute approximate surface area is 62.6 Å². The number of ketones is 1. The zero-order valence-corrected chi connectivity index (χ0v) is 5.85. The lowest BCUT2D eigenvalue weighted by atomic mass is 10.1. The van der Waals surface area contributed by atoms with Crippen molar-refractivity contribution in [2.75, 3.05) is 0 Å². The van der Waals surface area contributed by atoms with Gasteiger partial charge in [-0.3, -0.25) is 4.79 Å². The summed E-state index contributed by atoms with van der Waals surface area (Å²) in [6.07, 6.45) is -1.31. The Morgan fingerprint density at radius 1 is 1.73 bits per heavy atom. The van der Waals surface area contributed by atoms with Crippen LogP contribution in [0.3, 0.4) is 0 Å². The fraction of sp³-hybridized carbons (Fsp3) is 0.500. The van der Waals surface area contributed by atoms with E-state index in [-0.39, 0.29) is 0 Å². The van der Waals surface area contributed by atoms with Gasteiger partial charge in [-0.2, -0.15) is 0 Å². The van der Waals surface area contributed by atoms with Crippen molar-refractivity contribution < 1.29 is 14.6 Å². The van der Waals surface area contributed by atoms with Crippen molar-refractivity contribution in [3.8, 4) is 0 Å². The van der Waals surface area contributed by atoms with Crippen LogP contribution >= 0.6 is 0 Å². The van der Waals surface area contributed by atoms with Gasteiger partial charge in [0.05, 0.1) is 0 Å². The second-order valence-electron chi connectivity index (χ2n) is 2.20. The van der Waals surface area contributed by atoms with Crippen LogP contribution in [0.1, 0.15) is 6.92 Å². The molecule has 1 aliphatic rings. The van der Waals surface area contributed by atoms with Crippen molar-refractivity contribution in [3.63, 3.8) is 0 Å². The van der Waals surface area contributed by atoms with Crippen LogP contribution in [0.5, 0.6) is 0 Å². The van der Waals surface area contributed by atoms with Crippen LogP contribution in [0.2, 0.25) is 0 Å². The first-order valence-corrected chi connectivity index (χ1v) is 3.04. The summed E-state index contributed by atoms with van der Waals surface area (Å²) in [5.41, 5.74) is 0.299. The van der Waals surface area contributed by atoms with E-state index in [1.54, 1.807) is 0 Å². The van der Waals surface area contributed by atoms with Gasteiger partial charge in [0, 0.05) is 0 Å². The minimum absolute atomic E-state index is 0.299. The first-order chi connectivity index (χ1) is 5.15. The van der Waals surface area contributed by atoms with E-state index < -0.39 is 18.3 Å². The zero-order valence-electron chi connectivity index (χ0n) is 5.85. The van der Waals surface area contributed by atoms with Gasteiger partial charge in [-0.05, 0) is 23.7 Å². The van der Waals surface area contributed by atoms with Crippen molar-refractivity contribution in [3.05, 3.63) is 16.6 Å². The van der Waals surface area contributed by atoms with Crippen molar-refractivity contribution in [2.24, 2.45) is 5.18 Å². The van der Waals surface area contributed by atoms with Crippen LogP contribution in [-0.4, -0.2) is 23.4 Å². The molecule has 1 aliphatic heterocycles. The number of carbonyl (C=O) groups is 1. The summed E-state index contributed by atoms with van der Waals surface area (Å²) in [5.74, 6) is -0.523. The van der Waals surface area contributed by atoms with Crippen LogP contribution in [-0.2, 0) is 9.53 Å². The zero-order chi connectivity index (χ0) is 8.43. The molecule has 1 heterocycles. The highest BCUT2D eigenvalue weighted by Crippen LogP contribution is 2.13. The highest BCUT2D eigenvalue weighted by molar-refractivity contribution is 5.97. The van der Waals surface area contributed by atoms with Crippen molar-refractivity contribution in [1.29, 1.82) is 0 Å². The summed E-state index contributed by atoms with van der Waals surface area (Å²) in [6.45, 7) is 1.49. The third kappa shape index (κ3) is 1.50. The van der Waals surface area contributed by atoms with Crippen LogP contribution in [0.4, 0.5) is 0 Å². The number of carbonyl (C=O) groups excluding carboxylic acids is 1. The van der Waals surface area contributed by atoms with Crippen molar-refractivity contribution >= 4 is 5.78 Å². The molecule has 0 aromatic heterocycles. The molecule has 2 unspecified atom stereocenters. The molecule has 0 aromatic carbocycles. The molecule has 0 bridgehead atoms. The highest BCUT2D eigenvalue weighted by Gasteiger charge is 2.27. The van der Waals surface area contributed by atoms with E-state index in [9.17, 15) is 9.70 Å². The molecule has 0 radical (unpaired) electrons. The van der Waals surface area contributed by atoms with Crippen LogP contribution in [0, 0.1) is 4.91 Å². The first-order valence-electron chi connectivity index (χ1n) is 3.04. The number of nitroso groups, excluding NO2 is 1. The maximum atomic E-state index is 10.8. The predicted molar refractivity (Wildman–Crippen MR) is 35.4 cm³/mol. The molecule has 0 aromatic rings. The molecule has 11 heavy (non-hydrogen) atoms. The van der Waals surface area contributed by atoms with Crippen LogP contribution in [0.15, 0.2) is 16.8 Å². The normalized spacial score (nSPS) is 31.5. The molecule has 2 atom stereocenters. The van der Waals surface area contributed by atoms with E-state index in [0.717, 1.165) is 0 Å². The molecule has 5 nitrogen and oxygen atoms in total. The number of rotatable bonds is 1. The van der Waals surface area contributed by atoms with Gasteiger partial charge >= 0.3 is 0 Å². The minimum Gasteiger partial charge on any atom is -0.362 e. The van der Waals surface area contributed by atoms with E-state index in [1.165, 1.54) is 13.0 Å². The number of aliphatic hydroxyl groups excluding tert-OH is 1. The molecule has 0 fully saturated rings. The Morgan fingerprint density at radius 3 is 2.82 bits per heavy atom. The van der Waals surface area contributed by atoms with Crippen LogP contribution < -0.4 is 0 Å². The minimum atomic E-state index is -1.54. The third-order valence-electron chi connectivity index (χ3n) is 1.38. The van der Waals surface area contributed by atoms with Gasteiger partial charge in [0.15, 0.2) is 0 Å². The van der Waals surface area contributed by atoms with Gasteiger partial charge in [0.25, 0.3) is 0 Å². The topological polar surface area (TPSA) is 76.0 Å². The lowest BCUT2D eigenvalue weighted by Gasteiger charge is -2.18. The SMILES string of the molecule is CC1=CC(N=O)OC(O)C1=O. The standard InChI is InChI=1S/C6H7NO4/c1-3-2-4(7-10)11-6(9)5(3)8/h2,4,6,9H,1H3. The summed E-state index contributed by atoms with van der Waals surface area (Å²) >= 11 is 0.